The predicted molar refractivity (Wildman–Crippen MR) is 60.0 cm³/mol. The zero-order valence-electron chi connectivity index (χ0n) is 10.1. The third kappa shape index (κ3) is 3.35. The number of alkyl halides is 3. The molecule has 1 atom stereocenters. The van der Waals surface area contributed by atoms with Gasteiger partial charge in [0.1, 0.15) is 6.04 Å². The van der Waals surface area contributed by atoms with Gasteiger partial charge in [-0.3, -0.25) is 9.69 Å². The number of amides is 1. The van der Waals surface area contributed by atoms with E-state index in [1.165, 1.54) is 4.90 Å². The van der Waals surface area contributed by atoms with Gasteiger partial charge in [0.25, 0.3) is 0 Å². The van der Waals surface area contributed by atoms with Gasteiger partial charge in [-0.05, 0) is 31.8 Å². The van der Waals surface area contributed by atoms with E-state index in [2.05, 4.69) is 10.6 Å². The Morgan fingerprint density at radius 3 is 2.56 bits per heavy atom. The molecule has 0 bridgehead atoms. The van der Waals surface area contributed by atoms with Gasteiger partial charge in [0.15, 0.2) is 0 Å². The Hall–Kier alpha value is -0.820. The highest BCUT2D eigenvalue weighted by atomic mass is 19.4. The van der Waals surface area contributed by atoms with Crippen molar-refractivity contribution in [3.63, 3.8) is 0 Å². The normalized spacial score (nSPS) is 28.2. The molecule has 0 aromatic rings. The summed E-state index contributed by atoms with van der Waals surface area (Å²) in [5.74, 6) is -0.0635. The summed E-state index contributed by atoms with van der Waals surface area (Å²) in [6, 6.07) is -1.54. The van der Waals surface area contributed by atoms with Crippen LogP contribution in [0, 0.1) is 5.92 Å². The molecular weight excluding hydrogens is 247 g/mol. The Balaban J connectivity index is 1.98. The van der Waals surface area contributed by atoms with E-state index in [1.807, 2.05) is 0 Å². The smallest absolute Gasteiger partial charge is 0.353 e. The van der Waals surface area contributed by atoms with Crippen molar-refractivity contribution in [3.05, 3.63) is 0 Å². The highest BCUT2D eigenvalue weighted by molar-refractivity contribution is 5.78. The molecule has 2 aliphatic heterocycles. The minimum Gasteiger partial charge on any atom is -0.353 e. The first kappa shape index (κ1) is 13.6. The maximum Gasteiger partial charge on any atom is 0.405 e. The van der Waals surface area contributed by atoms with Gasteiger partial charge in [-0.2, -0.15) is 13.2 Å². The van der Waals surface area contributed by atoms with Crippen molar-refractivity contribution in [1.82, 2.24) is 15.5 Å². The summed E-state index contributed by atoms with van der Waals surface area (Å²) in [5.41, 5.74) is 0. The van der Waals surface area contributed by atoms with Crippen LogP contribution in [0.2, 0.25) is 0 Å². The van der Waals surface area contributed by atoms with E-state index in [9.17, 15) is 18.0 Å². The van der Waals surface area contributed by atoms with Crippen molar-refractivity contribution in [2.24, 2.45) is 5.92 Å². The standard InChI is InChI=1S/C11H18F3N3O/c12-11(13,14)9-5-16-10(18)7-17(9)6-8-1-3-15-4-2-8/h8-9,15H,1-7H2,(H,16,18). The molecule has 0 aliphatic carbocycles. The molecular formula is C11H18F3N3O. The fourth-order valence-electron chi connectivity index (χ4n) is 2.60. The molecule has 2 aliphatic rings. The van der Waals surface area contributed by atoms with Crippen LogP contribution in [0.1, 0.15) is 12.8 Å². The van der Waals surface area contributed by atoms with Gasteiger partial charge in [0, 0.05) is 13.1 Å². The van der Waals surface area contributed by atoms with E-state index in [0.29, 0.717) is 6.54 Å². The number of rotatable bonds is 2. The van der Waals surface area contributed by atoms with E-state index in [-0.39, 0.29) is 24.9 Å². The SMILES string of the molecule is O=C1CN(CC2CCNCC2)C(C(F)(F)F)CN1. The zero-order valence-corrected chi connectivity index (χ0v) is 10.1. The third-order valence-corrected chi connectivity index (χ3v) is 3.61. The van der Waals surface area contributed by atoms with Crippen molar-refractivity contribution in [1.29, 1.82) is 0 Å². The number of carbonyl (C=O) groups excluding carboxylic acids is 1. The molecule has 2 N–H and O–H groups in total. The van der Waals surface area contributed by atoms with Crippen molar-refractivity contribution >= 4 is 5.91 Å². The van der Waals surface area contributed by atoms with Crippen molar-refractivity contribution in [3.8, 4) is 0 Å². The minimum atomic E-state index is -4.28. The van der Waals surface area contributed by atoms with Gasteiger partial charge >= 0.3 is 6.18 Å². The monoisotopic (exact) mass is 265 g/mol. The number of piperidine rings is 1. The van der Waals surface area contributed by atoms with E-state index in [0.717, 1.165) is 25.9 Å². The molecule has 7 heteroatoms. The summed E-state index contributed by atoms with van der Waals surface area (Å²) in [5, 5.41) is 5.48. The van der Waals surface area contributed by atoms with Gasteiger partial charge in [-0.1, -0.05) is 0 Å². The summed E-state index contributed by atoms with van der Waals surface area (Å²) in [4.78, 5) is 12.5. The number of nitrogens with zero attached hydrogens (tertiary/aromatic N) is 1. The second-order valence-corrected chi connectivity index (χ2v) is 4.98. The van der Waals surface area contributed by atoms with E-state index in [4.69, 9.17) is 0 Å². The zero-order chi connectivity index (χ0) is 13.2. The van der Waals surface area contributed by atoms with Crippen LogP contribution in [0.5, 0.6) is 0 Å². The summed E-state index contributed by atoms with van der Waals surface area (Å²) < 4.78 is 38.6. The molecule has 104 valence electrons. The molecule has 0 spiro atoms. The van der Waals surface area contributed by atoms with Crippen LogP contribution in [0.3, 0.4) is 0 Å². The van der Waals surface area contributed by atoms with Crippen molar-refractivity contribution < 1.29 is 18.0 Å². The molecule has 1 amide bonds. The van der Waals surface area contributed by atoms with Gasteiger partial charge in [-0.15, -0.1) is 0 Å². The first-order valence-electron chi connectivity index (χ1n) is 6.25. The van der Waals surface area contributed by atoms with Crippen LogP contribution < -0.4 is 10.6 Å². The van der Waals surface area contributed by atoms with Crippen LogP contribution in [-0.4, -0.2) is 55.7 Å². The van der Waals surface area contributed by atoms with Crippen molar-refractivity contribution in [2.45, 2.75) is 25.1 Å². The lowest BCUT2D eigenvalue weighted by Gasteiger charge is -2.39. The fraction of sp³-hybridized carbons (Fsp3) is 0.909. The molecule has 2 fully saturated rings. The largest absolute Gasteiger partial charge is 0.405 e. The molecule has 18 heavy (non-hydrogen) atoms. The molecule has 4 nitrogen and oxygen atoms in total. The van der Waals surface area contributed by atoms with Crippen LogP contribution in [0.4, 0.5) is 13.2 Å². The third-order valence-electron chi connectivity index (χ3n) is 3.61. The van der Waals surface area contributed by atoms with Crippen LogP contribution in [0.15, 0.2) is 0 Å². The summed E-state index contributed by atoms with van der Waals surface area (Å²) >= 11 is 0. The number of hydrogen-bond donors (Lipinski definition) is 2. The van der Waals surface area contributed by atoms with E-state index >= 15 is 0 Å². The lowest BCUT2D eigenvalue weighted by molar-refractivity contribution is -0.190. The minimum absolute atomic E-state index is 0.145. The molecule has 2 saturated heterocycles. The second-order valence-electron chi connectivity index (χ2n) is 4.98. The Morgan fingerprint density at radius 1 is 1.28 bits per heavy atom. The van der Waals surface area contributed by atoms with Gasteiger partial charge in [0.2, 0.25) is 5.91 Å². The summed E-state index contributed by atoms with van der Waals surface area (Å²) in [7, 11) is 0. The number of hydrogen-bond acceptors (Lipinski definition) is 3. The van der Waals surface area contributed by atoms with Gasteiger partial charge < -0.3 is 10.6 Å². The Labute approximate surface area is 104 Å². The van der Waals surface area contributed by atoms with Crippen LogP contribution in [0.25, 0.3) is 0 Å². The number of carbonyl (C=O) groups is 1. The lowest BCUT2D eigenvalue weighted by Crippen LogP contribution is -2.61. The van der Waals surface area contributed by atoms with E-state index in [1.54, 1.807) is 0 Å². The molecule has 0 saturated carbocycles. The highest BCUT2D eigenvalue weighted by Gasteiger charge is 2.46. The Kier molecular flexibility index (Phi) is 4.11. The average Bonchev–Trinajstić information content (AvgIpc) is 2.28. The van der Waals surface area contributed by atoms with Crippen molar-refractivity contribution in [2.75, 3.05) is 32.7 Å². The fourth-order valence-corrected chi connectivity index (χ4v) is 2.60. The predicted octanol–water partition coefficient (Wildman–Crippen LogP) is 0.349. The maximum absolute atomic E-state index is 12.9. The Morgan fingerprint density at radius 2 is 1.94 bits per heavy atom. The van der Waals surface area contributed by atoms with Crippen LogP contribution >= 0.6 is 0 Å². The average molecular weight is 265 g/mol. The first-order valence-corrected chi connectivity index (χ1v) is 6.25. The summed E-state index contributed by atoms with van der Waals surface area (Å²) in [6.07, 6.45) is -2.52. The summed E-state index contributed by atoms with van der Waals surface area (Å²) in [6.45, 7) is 1.59. The highest BCUT2D eigenvalue weighted by Crippen LogP contribution is 2.27. The molecule has 0 aromatic heterocycles. The van der Waals surface area contributed by atoms with Gasteiger partial charge in [-0.25, -0.2) is 0 Å². The van der Waals surface area contributed by atoms with E-state index < -0.39 is 12.2 Å². The molecule has 2 rings (SSSR count). The number of piperazine rings is 1. The topological polar surface area (TPSA) is 44.4 Å². The maximum atomic E-state index is 12.9. The lowest BCUT2D eigenvalue weighted by atomic mass is 9.96. The van der Waals surface area contributed by atoms with Gasteiger partial charge in [0.05, 0.1) is 6.54 Å². The molecule has 1 unspecified atom stereocenters. The molecule has 2 heterocycles. The quantitative estimate of drug-likeness (QED) is 0.757. The Bertz CT molecular complexity index is 302. The first-order chi connectivity index (χ1) is 8.47. The number of halogens is 3. The van der Waals surface area contributed by atoms with Crippen LogP contribution in [-0.2, 0) is 4.79 Å². The molecule has 0 radical (unpaired) electrons. The molecule has 0 aromatic carbocycles. The number of nitrogens with one attached hydrogen (secondary N) is 2. The second kappa shape index (κ2) is 5.44.